The van der Waals surface area contributed by atoms with Crippen molar-refractivity contribution in [3.63, 3.8) is 0 Å². The fourth-order valence-corrected chi connectivity index (χ4v) is 4.59. The molecule has 174 valence electrons. The first-order valence-electron chi connectivity index (χ1n) is 11.2. The van der Waals surface area contributed by atoms with Gasteiger partial charge in [-0.2, -0.15) is 5.10 Å². The monoisotopic (exact) mass is 458 g/mol. The summed E-state index contributed by atoms with van der Waals surface area (Å²) in [6, 6.07) is 21.4. The fraction of sp³-hybridized carbons (Fsp3) is 0.231. The molecule has 0 bridgehead atoms. The normalized spacial score (nSPS) is 14.4. The minimum absolute atomic E-state index is 0.0167. The van der Waals surface area contributed by atoms with Crippen LogP contribution in [0.25, 0.3) is 22.0 Å². The van der Waals surface area contributed by atoms with Crippen molar-refractivity contribution in [2.75, 3.05) is 18.9 Å². The van der Waals surface area contributed by atoms with Gasteiger partial charge < -0.3 is 26.0 Å². The number of carbonyl (C=O) groups is 1. The van der Waals surface area contributed by atoms with Gasteiger partial charge in [0.1, 0.15) is 12.7 Å². The predicted molar refractivity (Wildman–Crippen MR) is 129 cm³/mol. The van der Waals surface area contributed by atoms with E-state index in [1.54, 1.807) is 18.2 Å². The Morgan fingerprint density at radius 2 is 1.74 bits per heavy atom. The third kappa shape index (κ3) is 4.09. The Morgan fingerprint density at radius 3 is 2.44 bits per heavy atom. The summed E-state index contributed by atoms with van der Waals surface area (Å²) in [6.45, 7) is 0.381. The second kappa shape index (κ2) is 9.17. The Morgan fingerprint density at radius 1 is 1.06 bits per heavy atom. The first-order valence-corrected chi connectivity index (χ1v) is 11.2. The van der Waals surface area contributed by atoms with Gasteiger partial charge in [0.05, 0.1) is 11.6 Å². The number of H-pyrrole nitrogens is 1. The minimum atomic E-state index is -1.11. The lowest BCUT2D eigenvalue weighted by Crippen LogP contribution is -2.30. The molecule has 0 saturated heterocycles. The second-order valence-electron chi connectivity index (χ2n) is 8.47. The Bertz CT molecular complexity index is 1290. The maximum atomic E-state index is 12.3. The van der Waals surface area contributed by atoms with Gasteiger partial charge in [-0.05, 0) is 46.4 Å². The predicted octanol–water partition coefficient (Wildman–Crippen LogP) is 3.47. The van der Waals surface area contributed by atoms with Crippen LogP contribution in [-0.4, -0.2) is 45.8 Å². The lowest BCUT2D eigenvalue weighted by Gasteiger charge is -2.19. The SMILES string of the molecule is Nc1n[nH]c2cc(C(O)C(O)CCNC(=O)OCC3c4ccccc4-c4ccccc43)ccc12. The van der Waals surface area contributed by atoms with Crippen LogP contribution in [0.4, 0.5) is 10.6 Å². The summed E-state index contributed by atoms with van der Waals surface area (Å²) in [6.07, 6.45) is -2.57. The van der Waals surface area contributed by atoms with Gasteiger partial charge in [0.25, 0.3) is 0 Å². The smallest absolute Gasteiger partial charge is 0.407 e. The number of nitrogens with zero attached hydrogens (tertiary/aromatic N) is 1. The average Bonchev–Trinajstić information content (AvgIpc) is 3.39. The van der Waals surface area contributed by atoms with Crippen LogP contribution in [0, 0.1) is 0 Å². The number of amides is 1. The molecule has 4 aromatic rings. The molecule has 0 fully saturated rings. The number of aromatic nitrogens is 2. The third-order valence-electron chi connectivity index (χ3n) is 6.38. The lowest BCUT2D eigenvalue weighted by molar-refractivity contribution is 0.0137. The van der Waals surface area contributed by atoms with Gasteiger partial charge in [-0.15, -0.1) is 0 Å². The molecule has 2 unspecified atom stereocenters. The Balaban J connectivity index is 1.13. The second-order valence-corrected chi connectivity index (χ2v) is 8.47. The Hall–Kier alpha value is -3.88. The third-order valence-corrected chi connectivity index (χ3v) is 6.38. The molecule has 0 spiro atoms. The molecule has 0 aliphatic heterocycles. The standard InChI is InChI=1S/C26H26N4O4/c27-25-20-10-9-15(13-22(20)29-30-25)24(32)23(31)11-12-28-26(33)34-14-21-18-7-3-1-5-16(18)17-6-2-4-8-19(17)21/h1-10,13,21,23-24,31-32H,11-12,14H2,(H,28,33)(H3,27,29,30). The van der Waals surface area contributed by atoms with Gasteiger partial charge in [-0.1, -0.05) is 54.6 Å². The van der Waals surface area contributed by atoms with E-state index in [4.69, 9.17) is 10.5 Å². The average molecular weight is 459 g/mol. The molecule has 8 heteroatoms. The van der Waals surface area contributed by atoms with E-state index < -0.39 is 18.3 Å². The van der Waals surface area contributed by atoms with Crippen LogP contribution in [0.3, 0.4) is 0 Å². The highest BCUT2D eigenvalue weighted by Crippen LogP contribution is 2.44. The minimum Gasteiger partial charge on any atom is -0.449 e. The number of hydrogen-bond donors (Lipinski definition) is 5. The zero-order chi connectivity index (χ0) is 23.7. The zero-order valence-corrected chi connectivity index (χ0v) is 18.4. The van der Waals surface area contributed by atoms with Crippen LogP contribution < -0.4 is 11.1 Å². The first-order chi connectivity index (χ1) is 16.5. The number of carbonyl (C=O) groups excluding carboxylic acids is 1. The topological polar surface area (TPSA) is 133 Å². The number of nitrogen functional groups attached to an aromatic ring is 1. The lowest BCUT2D eigenvalue weighted by atomic mass is 9.98. The van der Waals surface area contributed by atoms with Gasteiger partial charge in [0.2, 0.25) is 0 Å². The summed E-state index contributed by atoms with van der Waals surface area (Å²) in [4.78, 5) is 12.3. The van der Waals surface area contributed by atoms with Crippen molar-refractivity contribution in [3.05, 3.63) is 83.4 Å². The molecule has 0 saturated carbocycles. The number of nitrogens with one attached hydrogen (secondary N) is 2. The van der Waals surface area contributed by atoms with Gasteiger partial charge in [-0.3, -0.25) is 5.10 Å². The van der Waals surface area contributed by atoms with E-state index in [2.05, 4.69) is 39.8 Å². The van der Waals surface area contributed by atoms with Crippen molar-refractivity contribution in [2.24, 2.45) is 0 Å². The van der Waals surface area contributed by atoms with Gasteiger partial charge in [0.15, 0.2) is 5.82 Å². The number of fused-ring (bicyclic) bond motifs is 4. The molecule has 2 atom stereocenters. The fourth-order valence-electron chi connectivity index (χ4n) is 4.59. The molecule has 1 aliphatic rings. The summed E-state index contributed by atoms with van der Waals surface area (Å²) >= 11 is 0. The molecular weight excluding hydrogens is 432 g/mol. The maximum Gasteiger partial charge on any atom is 0.407 e. The van der Waals surface area contributed by atoms with Gasteiger partial charge in [0, 0.05) is 17.8 Å². The number of nitrogens with two attached hydrogens (primary N) is 1. The van der Waals surface area contributed by atoms with Crippen molar-refractivity contribution in [2.45, 2.75) is 24.5 Å². The Labute approximate surface area is 196 Å². The van der Waals surface area contributed by atoms with Crippen molar-refractivity contribution < 1.29 is 19.7 Å². The van der Waals surface area contributed by atoms with E-state index in [-0.39, 0.29) is 25.5 Å². The number of hydrogen-bond acceptors (Lipinski definition) is 6. The van der Waals surface area contributed by atoms with Crippen LogP contribution in [-0.2, 0) is 4.74 Å². The summed E-state index contributed by atoms with van der Waals surface area (Å²) in [5.41, 5.74) is 11.6. The van der Waals surface area contributed by atoms with Crippen LogP contribution in [0.2, 0.25) is 0 Å². The molecule has 1 aromatic heterocycles. The number of ether oxygens (including phenoxy) is 1. The highest BCUT2D eigenvalue weighted by Gasteiger charge is 2.29. The van der Waals surface area contributed by atoms with E-state index in [1.807, 2.05) is 24.3 Å². The van der Waals surface area contributed by atoms with Crippen molar-refractivity contribution >= 4 is 22.8 Å². The number of aliphatic hydroxyl groups is 2. The number of rotatable bonds is 7. The summed E-state index contributed by atoms with van der Waals surface area (Å²) < 4.78 is 5.50. The largest absolute Gasteiger partial charge is 0.449 e. The van der Waals surface area contributed by atoms with Crippen molar-refractivity contribution in [1.29, 1.82) is 0 Å². The zero-order valence-electron chi connectivity index (χ0n) is 18.4. The number of aliphatic hydroxyl groups excluding tert-OH is 2. The maximum absolute atomic E-state index is 12.3. The van der Waals surface area contributed by atoms with E-state index in [1.165, 1.54) is 11.1 Å². The van der Waals surface area contributed by atoms with Gasteiger partial charge >= 0.3 is 6.09 Å². The van der Waals surface area contributed by atoms with Crippen LogP contribution >= 0.6 is 0 Å². The van der Waals surface area contributed by atoms with E-state index in [9.17, 15) is 15.0 Å². The van der Waals surface area contributed by atoms with E-state index in [0.29, 0.717) is 16.9 Å². The number of benzene rings is 3. The quantitative estimate of drug-likeness (QED) is 0.288. The highest BCUT2D eigenvalue weighted by molar-refractivity contribution is 5.89. The number of alkyl carbamates (subject to hydrolysis) is 1. The molecule has 0 radical (unpaired) electrons. The molecule has 1 aliphatic carbocycles. The number of anilines is 1. The van der Waals surface area contributed by atoms with E-state index >= 15 is 0 Å². The molecule has 1 amide bonds. The molecule has 8 nitrogen and oxygen atoms in total. The molecule has 6 N–H and O–H groups in total. The molecule has 1 heterocycles. The molecule has 34 heavy (non-hydrogen) atoms. The van der Waals surface area contributed by atoms with Crippen LogP contribution in [0.5, 0.6) is 0 Å². The molecule has 3 aromatic carbocycles. The van der Waals surface area contributed by atoms with E-state index in [0.717, 1.165) is 16.5 Å². The summed E-state index contributed by atoms with van der Waals surface area (Å²) in [7, 11) is 0. The Kier molecular flexibility index (Phi) is 5.91. The highest BCUT2D eigenvalue weighted by atomic mass is 16.5. The molecule has 5 rings (SSSR count). The van der Waals surface area contributed by atoms with Crippen molar-refractivity contribution in [1.82, 2.24) is 15.5 Å². The van der Waals surface area contributed by atoms with Crippen molar-refractivity contribution in [3.8, 4) is 11.1 Å². The van der Waals surface area contributed by atoms with Crippen LogP contribution in [0.1, 0.15) is 35.1 Å². The number of aromatic amines is 1. The first kappa shape index (κ1) is 21.9. The van der Waals surface area contributed by atoms with Crippen LogP contribution in [0.15, 0.2) is 66.7 Å². The van der Waals surface area contributed by atoms with Gasteiger partial charge in [-0.25, -0.2) is 4.79 Å². The summed E-state index contributed by atoms with van der Waals surface area (Å²) in [5.74, 6) is 0.362. The summed E-state index contributed by atoms with van der Waals surface area (Å²) in [5, 5.41) is 31.0. The molecular formula is C26H26N4O4.